The fourth-order valence-electron chi connectivity index (χ4n) is 2.07. The molecule has 0 aromatic heterocycles. The Morgan fingerprint density at radius 2 is 1.28 bits per heavy atom. The number of carboxylic acid groups (broad SMARTS) is 1. The lowest BCUT2D eigenvalue weighted by atomic mass is 10.1. The molecule has 0 rings (SSSR count). The highest BCUT2D eigenvalue weighted by atomic mass is 16.4. The third kappa shape index (κ3) is 8.82. The van der Waals surface area contributed by atoms with E-state index in [0.717, 1.165) is 13.8 Å². The molecule has 6 unspecified atom stereocenters. The van der Waals surface area contributed by atoms with Crippen LogP contribution in [-0.4, -0.2) is 93.0 Å². The van der Waals surface area contributed by atoms with Gasteiger partial charge in [-0.3, -0.25) is 19.2 Å². The maximum absolute atomic E-state index is 12.4. The largest absolute Gasteiger partial charge is 0.480 e. The average molecular weight is 421 g/mol. The summed E-state index contributed by atoms with van der Waals surface area (Å²) in [6.45, 7) is 1.33. The number of rotatable bonds is 12. The van der Waals surface area contributed by atoms with E-state index in [-0.39, 0.29) is 0 Å². The fourth-order valence-corrected chi connectivity index (χ4v) is 2.07. The minimum atomic E-state index is -1.68. The lowest BCUT2D eigenvalue weighted by molar-refractivity contribution is -0.144. The first-order chi connectivity index (χ1) is 13.3. The van der Waals surface area contributed by atoms with Crippen molar-refractivity contribution in [2.75, 3.05) is 6.61 Å². The van der Waals surface area contributed by atoms with Gasteiger partial charge in [-0.25, -0.2) is 4.79 Å². The first kappa shape index (κ1) is 26.2. The van der Waals surface area contributed by atoms with Crippen LogP contribution in [0.15, 0.2) is 0 Å². The van der Waals surface area contributed by atoms with Crippen LogP contribution in [0.2, 0.25) is 0 Å². The molecule has 0 radical (unpaired) electrons. The number of hydrogen-bond acceptors (Lipinski definition) is 9. The molecule has 166 valence electrons. The minimum absolute atomic E-state index is 0.517. The Morgan fingerprint density at radius 3 is 1.62 bits per heavy atom. The van der Waals surface area contributed by atoms with Gasteiger partial charge in [-0.05, 0) is 13.8 Å². The molecule has 14 heteroatoms. The molecule has 29 heavy (non-hydrogen) atoms. The molecule has 6 atom stereocenters. The van der Waals surface area contributed by atoms with E-state index in [4.69, 9.17) is 21.7 Å². The standard InChI is InChI=1S/C15H27N5O9/c1-5(22)10(13(26)18-8(4-21)15(28)29)20-14(27)11(6(2)23)19-12(25)7(16)3-9(17)24/h5-8,10-11,21-23H,3-4,16H2,1-2H3,(H2,17,24)(H,18,26)(H,19,25)(H,20,27)(H,28,29). The molecular weight excluding hydrogens is 394 g/mol. The summed E-state index contributed by atoms with van der Waals surface area (Å²) in [6, 6.07) is -6.37. The second-order valence-corrected chi connectivity index (χ2v) is 6.31. The van der Waals surface area contributed by atoms with Crippen LogP contribution in [0.5, 0.6) is 0 Å². The van der Waals surface area contributed by atoms with Gasteiger partial charge in [-0.15, -0.1) is 0 Å². The SMILES string of the molecule is CC(O)C(NC(=O)C(N)CC(N)=O)C(=O)NC(C(=O)NC(CO)C(=O)O)C(C)O. The summed E-state index contributed by atoms with van der Waals surface area (Å²) >= 11 is 0. The highest BCUT2D eigenvalue weighted by Gasteiger charge is 2.34. The van der Waals surface area contributed by atoms with E-state index in [1.54, 1.807) is 0 Å². The zero-order valence-corrected chi connectivity index (χ0v) is 15.9. The van der Waals surface area contributed by atoms with Gasteiger partial charge in [-0.2, -0.15) is 0 Å². The number of nitrogens with one attached hydrogen (secondary N) is 3. The van der Waals surface area contributed by atoms with E-state index in [1.165, 1.54) is 0 Å². The van der Waals surface area contributed by atoms with E-state index in [2.05, 4.69) is 10.6 Å². The number of aliphatic hydroxyl groups excluding tert-OH is 3. The van der Waals surface area contributed by atoms with Gasteiger partial charge in [0.2, 0.25) is 23.6 Å². The van der Waals surface area contributed by atoms with Crippen LogP contribution >= 0.6 is 0 Å². The van der Waals surface area contributed by atoms with Crippen LogP contribution in [0.25, 0.3) is 0 Å². The number of carboxylic acids is 1. The van der Waals surface area contributed by atoms with Gasteiger partial charge in [0.15, 0.2) is 0 Å². The quantitative estimate of drug-likeness (QED) is 0.144. The van der Waals surface area contributed by atoms with Crippen LogP contribution in [0, 0.1) is 0 Å². The number of carbonyl (C=O) groups is 5. The molecule has 0 saturated carbocycles. The molecule has 4 amide bonds. The summed E-state index contributed by atoms with van der Waals surface area (Å²) in [5.74, 6) is -5.62. The van der Waals surface area contributed by atoms with Crippen LogP contribution in [0.1, 0.15) is 20.3 Å². The molecule has 14 nitrogen and oxygen atoms in total. The van der Waals surface area contributed by atoms with Crippen molar-refractivity contribution in [1.82, 2.24) is 16.0 Å². The molecule has 0 heterocycles. The van der Waals surface area contributed by atoms with E-state index < -0.39 is 79.0 Å². The second kappa shape index (κ2) is 11.9. The van der Waals surface area contributed by atoms with Crippen molar-refractivity contribution in [3.63, 3.8) is 0 Å². The first-order valence-electron chi connectivity index (χ1n) is 8.46. The third-order valence-electron chi connectivity index (χ3n) is 3.68. The van der Waals surface area contributed by atoms with Gasteiger partial charge in [0, 0.05) is 0 Å². The molecule has 0 aromatic rings. The molecule has 0 saturated heterocycles. The summed E-state index contributed by atoms with van der Waals surface area (Å²) in [6.07, 6.45) is -3.49. The van der Waals surface area contributed by atoms with Gasteiger partial charge in [-0.1, -0.05) is 0 Å². The first-order valence-corrected chi connectivity index (χ1v) is 8.46. The van der Waals surface area contributed by atoms with Crippen molar-refractivity contribution in [1.29, 1.82) is 0 Å². The summed E-state index contributed by atoms with van der Waals surface area (Å²) in [5, 5.41) is 43.4. The Bertz CT molecular complexity index is 625. The molecule has 0 aliphatic rings. The molecule has 0 aliphatic heterocycles. The zero-order valence-electron chi connectivity index (χ0n) is 15.9. The van der Waals surface area contributed by atoms with Crippen LogP contribution in [0.4, 0.5) is 0 Å². The Balaban J connectivity index is 5.28. The molecular formula is C15H27N5O9. The lowest BCUT2D eigenvalue weighted by Gasteiger charge is -2.27. The van der Waals surface area contributed by atoms with Gasteiger partial charge in [0.05, 0.1) is 31.3 Å². The monoisotopic (exact) mass is 421 g/mol. The zero-order chi connectivity index (χ0) is 22.9. The summed E-state index contributed by atoms with van der Waals surface area (Å²) in [5.41, 5.74) is 10.4. The minimum Gasteiger partial charge on any atom is -0.480 e. The highest BCUT2D eigenvalue weighted by molar-refractivity contribution is 5.95. The van der Waals surface area contributed by atoms with Gasteiger partial charge in [0.25, 0.3) is 0 Å². The number of amides is 4. The average Bonchev–Trinajstić information content (AvgIpc) is 2.59. The van der Waals surface area contributed by atoms with E-state index in [1.807, 2.05) is 5.32 Å². The van der Waals surface area contributed by atoms with E-state index in [0.29, 0.717) is 0 Å². The fraction of sp³-hybridized carbons (Fsp3) is 0.667. The second-order valence-electron chi connectivity index (χ2n) is 6.31. The Morgan fingerprint density at radius 1 is 0.862 bits per heavy atom. The number of nitrogens with two attached hydrogens (primary N) is 2. The summed E-state index contributed by atoms with van der Waals surface area (Å²) in [4.78, 5) is 58.2. The van der Waals surface area contributed by atoms with Crippen LogP contribution in [0.3, 0.4) is 0 Å². The number of carbonyl (C=O) groups excluding carboxylic acids is 4. The van der Waals surface area contributed by atoms with Crippen LogP contribution < -0.4 is 27.4 Å². The van der Waals surface area contributed by atoms with Crippen molar-refractivity contribution in [2.45, 2.75) is 56.6 Å². The molecule has 0 aliphatic carbocycles. The predicted molar refractivity (Wildman–Crippen MR) is 95.7 cm³/mol. The highest BCUT2D eigenvalue weighted by Crippen LogP contribution is 2.01. The van der Waals surface area contributed by atoms with Gasteiger partial charge in [0.1, 0.15) is 18.1 Å². The Labute approximate surface area is 165 Å². The van der Waals surface area contributed by atoms with Crippen molar-refractivity contribution in [2.24, 2.45) is 11.5 Å². The molecule has 0 fully saturated rings. The predicted octanol–water partition coefficient (Wildman–Crippen LogP) is -5.52. The maximum atomic E-state index is 12.4. The number of primary amides is 1. The summed E-state index contributed by atoms with van der Waals surface area (Å²) < 4.78 is 0. The summed E-state index contributed by atoms with van der Waals surface area (Å²) in [7, 11) is 0. The molecule has 0 spiro atoms. The Hall–Kier alpha value is -2.81. The van der Waals surface area contributed by atoms with Gasteiger partial charge >= 0.3 is 5.97 Å². The van der Waals surface area contributed by atoms with Crippen molar-refractivity contribution in [3.05, 3.63) is 0 Å². The topological polar surface area (TPSA) is 254 Å². The lowest BCUT2D eigenvalue weighted by Crippen LogP contribution is -2.62. The van der Waals surface area contributed by atoms with E-state index in [9.17, 15) is 34.2 Å². The number of aliphatic carboxylic acids is 1. The molecule has 0 bridgehead atoms. The van der Waals surface area contributed by atoms with Crippen molar-refractivity contribution >= 4 is 29.6 Å². The molecule has 11 N–H and O–H groups in total. The molecule has 0 aromatic carbocycles. The number of hydrogen-bond donors (Lipinski definition) is 9. The van der Waals surface area contributed by atoms with Crippen molar-refractivity contribution < 1.29 is 44.4 Å². The van der Waals surface area contributed by atoms with Crippen molar-refractivity contribution in [3.8, 4) is 0 Å². The normalized spacial score (nSPS) is 17.0. The third-order valence-corrected chi connectivity index (χ3v) is 3.68. The van der Waals surface area contributed by atoms with E-state index >= 15 is 0 Å². The number of aliphatic hydroxyl groups is 3. The van der Waals surface area contributed by atoms with Crippen LogP contribution in [-0.2, 0) is 24.0 Å². The maximum Gasteiger partial charge on any atom is 0.328 e. The smallest absolute Gasteiger partial charge is 0.328 e. The Kier molecular flexibility index (Phi) is 10.7. The van der Waals surface area contributed by atoms with Gasteiger partial charge < -0.3 is 47.8 Å².